The summed E-state index contributed by atoms with van der Waals surface area (Å²) in [4.78, 5) is 77.5. The first kappa shape index (κ1) is 114. The third kappa shape index (κ3) is 28.4. The van der Waals surface area contributed by atoms with E-state index < -0.39 is 50.1 Å². The zero-order valence-electron chi connectivity index (χ0n) is 85.7. The summed E-state index contributed by atoms with van der Waals surface area (Å²) in [6.45, 7) is 39.5. The minimum Gasteiger partial charge on any atom is -0.490 e. The van der Waals surface area contributed by atoms with Gasteiger partial charge in [0, 0.05) is 176 Å². The Hall–Kier alpha value is -8.56. The lowest BCUT2D eigenvalue weighted by Crippen LogP contribution is -2.49. The van der Waals surface area contributed by atoms with Crippen molar-refractivity contribution in [3.05, 3.63) is 237 Å². The molecule has 3 amide bonds. The van der Waals surface area contributed by atoms with Crippen LogP contribution in [0.25, 0.3) is 0 Å². The van der Waals surface area contributed by atoms with E-state index in [1.54, 1.807) is 53.4 Å². The highest BCUT2D eigenvalue weighted by Gasteiger charge is 2.49. The van der Waals surface area contributed by atoms with Crippen LogP contribution in [-0.2, 0) is 96.5 Å². The normalized spacial score (nSPS) is 24.1. The van der Waals surface area contributed by atoms with Crippen LogP contribution >= 0.6 is 34.8 Å². The largest absolute Gasteiger partial charge is 0.490 e. The topological polar surface area (TPSA) is 297 Å². The Balaban J connectivity index is 0.000000181. The highest BCUT2D eigenvalue weighted by atomic mass is 35.5. The molecule has 3 fully saturated rings. The van der Waals surface area contributed by atoms with Gasteiger partial charge in [0.05, 0.1) is 72.5 Å². The number of benzene rings is 6. The molecule has 6 aromatic rings. The summed E-state index contributed by atoms with van der Waals surface area (Å²) < 4.78 is 73.0. The van der Waals surface area contributed by atoms with Gasteiger partial charge >= 0.3 is 0 Å². The first-order valence-corrected chi connectivity index (χ1v) is 56.5. The highest BCUT2D eigenvalue weighted by Crippen LogP contribution is 2.52. The summed E-state index contributed by atoms with van der Waals surface area (Å²) in [5.41, 5.74) is 28.8. The van der Waals surface area contributed by atoms with E-state index in [-0.39, 0.29) is 90.8 Å². The van der Waals surface area contributed by atoms with E-state index in [1.165, 1.54) is 33.4 Å². The van der Waals surface area contributed by atoms with Gasteiger partial charge in [0.25, 0.3) is 0 Å². The molecular formula is C115H155Cl3N6O15S3. The van der Waals surface area contributed by atoms with Gasteiger partial charge in [0.15, 0.2) is 0 Å². The number of fused-ring (bicyclic) bond motifs is 9. The predicted octanol–water partition coefficient (Wildman–Crippen LogP) is 21.6. The minimum absolute atomic E-state index is 0.0282. The van der Waals surface area contributed by atoms with Crippen molar-refractivity contribution < 1.29 is 69.8 Å². The van der Waals surface area contributed by atoms with E-state index in [4.69, 9.17) is 80.4 Å². The fourth-order valence-electron chi connectivity index (χ4n) is 22.2. The lowest BCUT2D eigenvalue weighted by atomic mass is 9.68. The molecule has 21 atom stereocenters. The van der Waals surface area contributed by atoms with Gasteiger partial charge in [-0.05, 0) is 293 Å². The van der Waals surface area contributed by atoms with Crippen LogP contribution in [0.15, 0.2) is 172 Å². The number of carbonyl (C=O) groups is 6. The third-order valence-electron chi connectivity index (χ3n) is 32.0. The SMILES string of the molecule is C=CC[C@H](C)[C@@H](C)[S@@](=O)CC(=O)CC.C=CC[C@H](C)[C@@H](C)[S@](=O)CC(=O)CC.C=C[C@H](OC)[C@@H]1CC[C@H]1CN1C[C@@]2(CCCc3cc(Cl)ccc32)COc2ccc(C(N)=O)cc21.C=C[C@H](OC)[C@@H]1CC[C@H]1CN1C[C@@]2(CCCc3cc(Cl)ccc32)COc2ccc(C(N)=O)cc21.CCC(=O)C[S@@](=O)[C@H](C)[C@@H](C)C/C=C/[C@H](OC)[C@@H]1CC[C@H]1CN1C[C@@]2(CCCc3cc(Cl)ccc32)COc2ccc(C(N)=O)cc21. The van der Waals surface area contributed by atoms with Gasteiger partial charge in [-0.1, -0.05) is 152 Å². The van der Waals surface area contributed by atoms with E-state index in [2.05, 4.69) is 96.5 Å². The number of ether oxygens (including phenoxy) is 6. The van der Waals surface area contributed by atoms with Crippen LogP contribution < -0.4 is 46.1 Å². The molecule has 15 rings (SSSR count). The Kier molecular flexibility index (Phi) is 42.6. The van der Waals surface area contributed by atoms with E-state index in [0.29, 0.717) is 103 Å². The number of primary amides is 3. The van der Waals surface area contributed by atoms with Gasteiger partial charge < -0.3 is 60.3 Å². The second kappa shape index (κ2) is 53.2. The Morgan fingerprint density at radius 2 is 0.711 bits per heavy atom. The molecule has 0 unspecified atom stereocenters. The van der Waals surface area contributed by atoms with Crippen molar-refractivity contribution in [2.45, 2.75) is 247 Å². The van der Waals surface area contributed by atoms with Crippen LogP contribution in [0, 0.1) is 53.3 Å². The zero-order valence-corrected chi connectivity index (χ0v) is 90.5. The number of ketones is 3. The van der Waals surface area contributed by atoms with Gasteiger partial charge in [-0.3, -0.25) is 41.4 Å². The third-order valence-corrected chi connectivity index (χ3v) is 38.4. The predicted molar refractivity (Wildman–Crippen MR) is 582 cm³/mol. The van der Waals surface area contributed by atoms with E-state index in [0.717, 1.165) is 204 Å². The summed E-state index contributed by atoms with van der Waals surface area (Å²) >= 11 is 19.1. The first-order chi connectivity index (χ1) is 68.0. The maximum Gasteiger partial charge on any atom is 0.248 e. The second-order valence-corrected chi connectivity index (χ2v) is 47.7. The molecular weight excluding hydrogens is 1910 g/mol. The van der Waals surface area contributed by atoms with Crippen molar-refractivity contribution in [3.8, 4) is 17.2 Å². The molecule has 3 aliphatic heterocycles. The quantitative estimate of drug-likeness (QED) is 0.0302. The average Bonchev–Trinajstić information content (AvgIpc) is 1.64. The van der Waals surface area contributed by atoms with Crippen molar-refractivity contribution in [1.82, 2.24) is 0 Å². The number of halogens is 3. The summed E-state index contributed by atoms with van der Waals surface area (Å²) in [7, 11) is 2.08. The Labute approximate surface area is 867 Å². The van der Waals surface area contributed by atoms with Crippen molar-refractivity contribution in [2.24, 2.45) is 70.5 Å². The number of hydrogen-bond acceptors (Lipinski definition) is 18. The summed E-state index contributed by atoms with van der Waals surface area (Å²) in [5.74, 6) is 5.34. The fourth-order valence-corrected chi connectivity index (χ4v) is 27.0. The molecule has 3 heterocycles. The van der Waals surface area contributed by atoms with Crippen LogP contribution in [0.1, 0.15) is 242 Å². The molecule has 0 saturated heterocycles. The fraction of sp³-hybridized carbons (Fsp3) is 0.548. The van der Waals surface area contributed by atoms with Gasteiger partial charge in [-0.25, -0.2) is 0 Å². The van der Waals surface area contributed by atoms with Crippen LogP contribution in [0.2, 0.25) is 15.1 Å². The van der Waals surface area contributed by atoms with Crippen LogP contribution in [0.5, 0.6) is 17.2 Å². The molecule has 3 spiro atoms. The molecule has 21 nitrogen and oxygen atoms in total. The van der Waals surface area contributed by atoms with Crippen molar-refractivity contribution in [1.29, 1.82) is 0 Å². The van der Waals surface area contributed by atoms with E-state index in [1.807, 2.05) is 120 Å². The lowest BCUT2D eigenvalue weighted by molar-refractivity contribution is -0.117. The number of hydrogen-bond donors (Lipinski definition) is 3. The Bertz CT molecular complexity index is 5300. The van der Waals surface area contributed by atoms with Gasteiger partial charge in [0.2, 0.25) is 17.7 Å². The highest BCUT2D eigenvalue weighted by molar-refractivity contribution is 7.86. The number of nitrogens with two attached hydrogens (primary N) is 3. The Morgan fingerprint density at radius 3 is 0.965 bits per heavy atom. The van der Waals surface area contributed by atoms with Crippen molar-refractivity contribution >= 4 is 119 Å². The van der Waals surface area contributed by atoms with Crippen LogP contribution in [0.4, 0.5) is 17.1 Å². The number of rotatable bonds is 39. The summed E-state index contributed by atoms with van der Waals surface area (Å²) in [6, 6.07) is 35.5. The van der Waals surface area contributed by atoms with Gasteiger partial charge in [-0.2, -0.15) is 0 Å². The molecule has 774 valence electrons. The number of nitrogens with zero attached hydrogens (tertiary/aromatic N) is 3. The second-order valence-electron chi connectivity index (χ2n) is 41.0. The molecule has 6 aliphatic carbocycles. The maximum absolute atomic E-state index is 12.7. The first-order valence-electron chi connectivity index (χ1n) is 51.2. The summed E-state index contributed by atoms with van der Waals surface area (Å²) in [6.07, 6.45) is 32.0. The number of allylic oxidation sites excluding steroid dienone is 3. The smallest absolute Gasteiger partial charge is 0.248 e. The van der Waals surface area contributed by atoms with Crippen molar-refractivity contribution in [3.63, 3.8) is 0 Å². The zero-order chi connectivity index (χ0) is 103. The molecule has 0 radical (unpaired) electrons. The van der Waals surface area contributed by atoms with Crippen LogP contribution in [0.3, 0.4) is 0 Å². The van der Waals surface area contributed by atoms with Crippen molar-refractivity contribution in [2.75, 3.05) is 112 Å². The molecule has 9 aliphatic rings. The average molecular weight is 2060 g/mol. The maximum atomic E-state index is 12.7. The number of anilines is 3. The Morgan fingerprint density at radius 1 is 0.423 bits per heavy atom. The molecule has 0 bridgehead atoms. The monoisotopic (exact) mass is 2060 g/mol. The number of Topliss-reactive ketones (excluding diaryl/α,β-unsaturated/α-hetero) is 3. The lowest BCUT2D eigenvalue weighted by Gasteiger charge is -2.46. The van der Waals surface area contributed by atoms with Gasteiger partial charge in [0.1, 0.15) is 34.6 Å². The standard InChI is InChI=1S/C37H49ClN2O5S.2C28H33ClN2O3.2C11H20O2S/c1-5-30(41)21-46(43)25(3)24(2)8-6-10-34(44-4)31-14-11-28(31)20-40-22-37(17-7-9-26-18-29(38)13-15-32(26)37)23-45-35-16-12-27(36(39)42)19-33(35)40;2*1-3-25(33-2)22-9-6-20(22)15-31-16-28(12-4-5-18-13-21(29)8-10-23(18)28)17-34-26-11-7-19(27(30)32)14-24(26)31;2*1-5-7-9(3)10(4)14(13)8-11(12)6-2/h6,10,12-13,15-16,18-19,24-25,28,31,34H,5,7-9,11,14,17,20-23H2,1-4H3,(H2,39,42);2*3,7-8,10-11,13-14,20,22,25H,1,4-6,9,12,15-17H2,2H3,(H2,30,32);2*5,9-10H,1,6-8H2,2-4H3/b10-6+;;;;/t24-,25+,28-,31+,34-,37-,46+;2*20-,22+,25-,28-;9-,10+,14+;9-,10+,14-/m00000/s1. The number of methoxy groups -OCH3 is 3. The molecule has 6 aromatic carbocycles. The van der Waals surface area contributed by atoms with Gasteiger partial charge in [-0.15, -0.1) is 26.3 Å². The molecule has 0 aromatic heterocycles. The number of aryl methyl sites for hydroxylation is 3. The molecule has 142 heavy (non-hydrogen) atoms. The number of carbonyl (C=O) groups excluding carboxylic acids is 6. The van der Waals surface area contributed by atoms with E-state index >= 15 is 0 Å². The molecule has 6 N–H and O–H groups in total. The van der Waals surface area contributed by atoms with Crippen LogP contribution in [-0.4, -0.2) is 179 Å². The minimum atomic E-state index is -1.16. The number of amides is 3. The molecule has 3 saturated carbocycles. The van der Waals surface area contributed by atoms with E-state index in [9.17, 15) is 41.4 Å². The molecule has 27 heteroatoms. The summed E-state index contributed by atoms with van der Waals surface area (Å²) in [5, 5.41) is 2.41.